The summed E-state index contributed by atoms with van der Waals surface area (Å²) in [5, 5.41) is 9.91. The van der Waals surface area contributed by atoms with Gasteiger partial charge in [-0.1, -0.05) is 18.2 Å². The highest BCUT2D eigenvalue weighted by atomic mass is 16.4. The molecule has 0 aliphatic rings. The van der Waals surface area contributed by atoms with E-state index in [1.165, 1.54) is 0 Å². The fraction of sp³-hybridized carbons (Fsp3) is 0.333. The first-order valence-corrected chi connectivity index (χ1v) is 6.45. The first kappa shape index (κ1) is 13.3. The van der Waals surface area contributed by atoms with Crippen molar-refractivity contribution in [2.45, 2.75) is 20.3 Å². The molecule has 0 saturated heterocycles. The highest BCUT2D eigenvalue weighted by Crippen LogP contribution is 2.22. The predicted octanol–water partition coefficient (Wildman–Crippen LogP) is 2.84. The summed E-state index contributed by atoms with van der Waals surface area (Å²) >= 11 is 0. The molecular weight excluding hydrogens is 240 g/mol. The lowest BCUT2D eigenvalue weighted by Gasteiger charge is -2.23. The highest BCUT2D eigenvalue weighted by molar-refractivity contribution is 5.81. The summed E-state index contributed by atoms with van der Waals surface area (Å²) in [5.74, 6) is 0.0966. The second-order valence-electron chi connectivity index (χ2n) is 4.54. The number of benzene rings is 1. The number of hydrogen-bond donors (Lipinski definition) is 1. The summed E-state index contributed by atoms with van der Waals surface area (Å²) < 4.78 is 0. The van der Waals surface area contributed by atoms with Crippen LogP contribution in [0.1, 0.15) is 18.9 Å². The van der Waals surface area contributed by atoms with Crippen molar-refractivity contribution in [1.82, 2.24) is 4.98 Å². The Kier molecular flexibility index (Phi) is 4.00. The van der Waals surface area contributed by atoms with Gasteiger partial charge in [0, 0.05) is 18.5 Å². The van der Waals surface area contributed by atoms with E-state index < -0.39 is 5.97 Å². The van der Waals surface area contributed by atoms with Crippen molar-refractivity contribution in [3.63, 3.8) is 0 Å². The van der Waals surface area contributed by atoms with E-state index in [0.717, 1.165) is 28.8 Å². The molecule has 1 aromatic heterocycles. The third-order valence-corrected chi connectivity index (χ3v) is 3.16. The van der Waals surface area contributed by atoms with E-state index in [9.17, 15) is 4.79 Å². The Morgan fingerprint density at radius 1 is 1.37 bits per heavy atom. The van der Waals surface area contributed by atoms with Crippen LogP contribution in [0.3, 0.4) is 0 Å². The van der Waals surface area contributed by atoms with E-state index in [1.807, 2.05) is 43.0 Å². The van der Waals surface area contributed by atoms with Gasteiger partial charge in [-0.25, -0.2) is 4.98 Å². The SMILES string of the molecule is CCN(CCC(=O)O)c1nc2ccccc2cc1C. The molecule has 0 aliphatic carbocycles. The van der Waals surface area contributed by atoms with Crippen LogP contribution >= 0.6 is 0 Å². The van der Waals surface area contributed by atoms with Gasteiger partial charge < -0.3 is 10.0 Å². The molecule has 0 aliphatic heterocycles. The van der Waals surface area contributed by atoms with Gasteiger partial charge in [-0.05, 0) is 31.5 Å². The fourth-order valence-electron chi connectivity index (χ4n) is 2.18. The molecule has 0 radical (unpaired) electrons. The molecule has 0 saturated carbocycles. The van der Waals surface area contributed by atoms with Crippen molar-refractivity contribution in [2.24, 2.45) is 0 Å². The molecule has 1 aromatic carbocycles. The van der Waals surface area contributed by atoms with Crippen LogP contribution in [0.5, 0.6) is 0 Å². The van der Waals surface area contributed by atoms with Crippen LogP contribution in [0, 0.1) is 6.92 Å². The van der Waals surface area contributed by atoms with E-state index in [2.05, 4.69) is 11.1 Å². The number of pyridine rings is 1. The quantitative estimate of drug-likeness (QED) is 0.896. The van der Waals surface area contributed by atoms with Crippen molar-refractivity contribution in [1.29, 1.82) is 0 Å². The number of carboxylic acids is 1. The number of carbonyl (C=O) groups is 1. The fourth-order valence-corrected chi connectivity index (χ4v) is 2.18. The Balaban J connectivity index is 2.36. The number of para-hydroxylation sites is 1. The van der Waals surface area contributed by atoms with Crippen LogP contribution in [-0.4, -0.2) is 29.1 Å². The van der Waals surface area contributed by atoms with Crippen LogP contribution in [0.25, 0.3) is 10.9 Å². The normalized spacial score (nSPS) is 10.6. The first-order chi connectivity index (χ1) is 9.11. The number of aromatic nitrogens is 1. The lowest BCUT2D eigenvalue weighted by Crippen LogP contribution is -2.27. The maximum absolute atomic E-state index is 10.7. The van der Waals surface area contributed by atoms with Gasteiger partial charge in [0.05, 0.1) is 11.9 Å². The minimum absolute atomic E-state index is 0.127. The van der Waals surface area contributed by atoms with Crippen LogP contribution in [0.2, 0.25) is 0 Å². The van der Waals surface area contributed by atoms with Crippen LogP contribution in [-0.2, 0) is 4.79 Å². The molecule has 1 N–H and O–H groups in total. The standard InChI is InChI=1S/C15H18N2O2/c1-3-17(9-8-14(18)19)15-11(2)10-12-6-4-5-7-13(12)16-15/h4-7,10H,3,8-9H2,1-2H3,(H,18,19). The molecule has 4 nitrogen and oxygen atoms in total. The predicted molar refractivity (Wildman–Crippen MR) is 76.6 cm³/mol. The Bertz CT molecular complexity index is 596. The third-order valence-electron chi connectivity index (χ3n) is 3.16. The van der Waals surface area contributed by atoms with Crippen molar-refractivity contribution in [3.8, 4) is 0 Å². The van der Waals surface area contributed by atoms with E-state index in [-0.39, 0.29) is 6.42 Å². The van der Waals surface area contributed by atoms with E-state index in [4.69, 9.17) is 5.11 Å². The van der Waals surface area contributed by atoms with Gasteiger partial charge in [0.25, 0.3) is 0 Å². The number of hydrogen-bond acceptors (Lipinski definition) is 3. The van der Waals surface area contributed by atoms with Gasteiger partial charge in [0.1, 0.15) is 5.82 Å². The molecule has 0 fully saturated rings. The zero-order chi connectivity index (χ0) is 13.8. The average Bonchev–Trinajstić information content (AvgIpc) is 2.39. The van der Waals surface area contributed by atoms with Crippen molar-refractivity contribution in [3.05, 3.63) is 35.9 Å². The lowest BCUT2D eigenvalue weighted by atomic mass is 10.1. The van der Waals surface area contributed by atoms with Crippen LogP contribution < -0.4 is 4.90 Å². The smallest absolute Gasteiger partial charge is 0.305 e. The Morgan fingerprint density at radius 3 is 2.79 bits per heavy atom. The second kappa shape index (κ2) is 5.69. The average molecular weight is 258 g/mol. The number of anilines is 1. The monoisotopic (exact) mass is 258 g/mol. The maximum atomic E-state index is 10.7. The van der Waals surface area contributed by atoms with Gasteiger partial charge in [0.15, 0.2) is 0 Å². The topological polar surface area (TPSA) is 53.4 Å². The Morgan fingerprint density at radius 2 is 2.11 bits per heavy atom. The highest BCUT2D eigenvalue weighted by Gasteiger charge is 2.11. The maximum Gasteiger partial charge on any atom is 0.305 e. The van der Waals surface area contributed by atoms with Crippen LogP contribution in [0.4, 0.5) is 5.82 Å². The van der Waals surface area contributed by atoms with Crippen molar-refractivity contribution in [2.75, 3.05) is 18.0 Å². The Hall–Kier alpha value is -2.10. The second-order valence-corrected chi connectivity index (χ2v) is 4.54. The van der Waals surface area contributed by atoms with Gasteiger partial charge in [-0.2, -0.15) is 0 Å². The summed E-state index contributed by atoms with van der Waals surface area (Å²) in [6.45, 7) is 5.26. The summed E-state index contributed by atoms with van der Waals surface area (Å²) in [4.78, 5) is 17.4. The summed E-state index contributed by atoms with van der Waals surface area (Å²) in [5.41, 5.74) is 2.02. The number of rotatable bonds is 5. The third kappa shape index (κ3) is 3.02. The summed E-state index contributed by atoms with van der Waals surface area (Å²) in [6, 6.07) is 10.1. The molecule has 19 heavy (non-hydrogen) atoms. The zero-order valence-corrected chi connectivity index (χ0v) is 11.3. The van der Waals surface area contributed by atoms with E-state index in [1.54, 1.807) is 0 Å². The van der Waals surface area contributed by atoms with Gasteiger partial charge in [0.2, 0.25) is 0 Å². The minimum atomic E-state index is -0.781. The molecular formula is C15H18N2O2. The van der Waals surface area contributed by atoms with E-state index >= 15 is 0 Å². The Labute approximate surface area is 112 Å². The molecule has 0 atom stereocenters. The largest absolute Gasteiger partial charge is 0.481 e. The lowest BCUT2D eigenvalue weighted by molar-refractivity contribution is -0.136. The molecule has 1 heterocycles. The first-order valence-electron chi connectivity index (χ1n) is 6.45. The number of nitrogens with zero attached hydrogens (tertiary/aromatic N) is 2. The molecule has 0 bridgehead atoms. The molecule has 4 heteroatoms. The van der Waals surface area contributed by atoms with Crippen LogP contribution in [0.15, 0.2) is 30.3 Å². The number of carboxylic acid groups (broad SMARTS) is 1. The van der Waals surface area contributed by atoms with Crippen molar-refractivity contribution < 1.29 is 9.90 Å². The van der Waals surface area contributed by atoms with Crippen molar-refractivity contribution >= 4 is 22.7 Å². The van der Waals surface area contributed by atoms with Gasteiger partial charge in [-0.15, -0.1) is 0 Å². The number of aliphatic carboxylic acids is 1. The molecule has 2 rings (SSSR count). The summed E-state index contributed by atoms with van der Waals surface area (Å²) in [6.07, 6.45) is 0.127. The molecule has 2 aromatic rings. The molecule has 0 unspecified atom stereocenters. The molecule has 0 amide bonds. The van der Waals surface area contributed by atoms with Gasteiger partial charge in [-0.3, -0.25) is 4.79 Å². The zero-order valence-electron chi connectivity index (χ0n) is 11.3. The molecule has 100 valence electrons. The minimum Gasteiger partial charge on any atom is -0.481 e. The summed E-state index contributed by atoms with van der Waals surface area (Å²) in [7, 11) is 0. The van der Waals surface area contributed by atoms with Gasteiger partial charge >= 0.3 is 5.97 Å². The number of aryl methyl sites for hydroxylation is 1. The van der Waals surface area contributed by atoms with E-state index in [0.29, 0.717) is 6.54 Å². The number of fused-ring (bicyclic) bond motifs is 1. The molecule has 0 spiro atoms.